The maximum Gasteiger partial charge on any atom is 0.298 e. The van der Waals surface area contributed by atoms with Gasteiger partial charge in [-0.3, -0.25) is 4.79 Å². The van der Waals surface area contributed by atoms with E-state index in [4.69, 9.17) is 19.0 Å². The topological polar surface area (TPSA) is 161 Å². The Morgan fingerprint density at radius 3 is 2.61 bits per heavy atom. The van der Waals surface area contributed by atoms with Crippen molar-refractivity contribution in [1.82, 2.24) is 29.4 Å². The minimum absolute atomic E-state index is 0.107. The number of rotatable bonds is 13. The van der Waals surface area contributed by atoms with Crippen molar-refractivity contribution in [2.24, 2.45) is 0 Å². The fourth-order valence-electron chi connectivity index (χ4n) is 4.29. The van der Waals surface area contributed by atoms with Crippen LogP contribution in [0.25, 0.3) is 11.0 Å². The second-order valence-corrected chi connectivity index (χ2v) is 10.5. The van der Waals surface area contributed by atoms with Crippen LogP contribution in [-0.2, 0) is 26.9 Å². The summed E-state index contributed by atoms with van der Waals surface area (Å²) in [5.41, 5.74) is 0.611. The van der Waals surface area contributed by atoms with Gasteiger partial charge in [-0.2, -0.15) is 15.0 Å². The van der Waals surface area contributed by atoms with E-state index < -0.39 is 39.3 Å². The van der Waals surface area contributed by atoms with Crippen molar-refractivity contribution < 1.29 is 24.0 Å². The molecule has 14 heteroatoms. The first-order valence-electron chi connectivity index (χ1n) is 12.2. The van der Waals surface area contributed by atoms with Gasteiger partial charge in [0.25, 0.3) is 14.1 Å². The van der Waals surface area contributed by atoms with Gasteiger partial charge in [0.05, 0.1) is 37.5 Å². The number of fused-ring (bicyclic) bond motifs is 1. The van der Waals surface area contributed by atoms with Crippen LogP contribution < -0.4 is 5.56 Å². The minimum atomic E-state index is -1.57. The number of nitriles is 1. The van der Waals surface area contributed by atoms with Gasteiger partial charge in [0, 0.05) is 18.5 Å². The van der Waals surface area contributed by atoms with Crippen molar-refractivity contribution in [2.75, 3.05) is 13.2 Å². The molecule has 0 aliphatic carbocycles. The Hall–Kier alpha value is -2.04. The standard InChI is InChI=1S/C22H36N7O6P/c1-6-8-16-20-21(27(13-31)25-16)22(32)28(26-24-20)19-11-17(18(12-30)34-19)35-36(33-10-7-9-23)29(14(2)3)15(4)5/h14-15,17-19,30-31H,6-8,10-13H2,1-5H3/t17?,18?,19-,36?/m0/s1. The van der Waals surface area contributed by atoms with E-state index in [2.05, 4.69) is 26.2 Å². The molecule has 1 saturated heterocycles. The van der Waals surface area contributed by atoms with Crippen LogP contribution in [0.4, 0.5) is 0 Å². The summed E-state index contributed by atoms with van der Waals surface area (Å²) >= 11 is 0. The number of aliphatic hydroxyl groups is 2. The van der Waals surface area contributed by atoms with Crippen molar-refractivity contribution in [3.05, 3.63) is 16.0 Å². The molecule has 2 N–H and O–H groups in total. The van der Waals surface area contributed by atoms with Gasteiger partial charge in [-0.05, 0) is 34.1 Å². The van der Waals surface area contributed by atoms with E-state index in [0.29, 0.717) is 17.6 Å². The monoisotopic (exact) mass is 525 g/mol. The summed E-state index contributed by atoms with van der Waals surface area (Å²) in [6.07, 6.45) is -0.292. The maximum absolute atomic E-state index is 13.3. The first-order chi connectivity index (χ1) is 17.3. The first-order valence-corrected chi connectivity index (χ1v) is 13.4. The number of hydrogen-bond acceptors (Lipinski definition) is 11. The number of ether oxygens (including phenoxy) is 1. The molecular formula is C22H36N7O6P. The lowest BCUT2D eigenvalue weighted by Crippen LogP contribution is -2.36. The van der Waals surface area contributed by atoms with Gasteiger partial charge in [0.1, 0.15) is 18.4 Å². The molecule has 0 bridgehead atoms. The van der Waals surface area contributed by atoms with Crippen molar-refractivity contribution in [3.63, 3.8) is 0 Å². The van der Waals surface area contributed by atoms with Gasteiger partial charge >= 0.3 is 0 Å². The van der Waals surface area contributed by atoms with Gasteiger partial charge in [-0.25, -0.2) is 9.35 Å². The lowest BCUT2D eigenvalue weighted by atomic mass is 10.2. The van der Waals surface area contributed by atoms with Crippen LogP contribution >= 0.6 is 8.53 Å². The van der Waals surface area contributed by atoms with E-state index in [1.54, 1.807) is 0 Å². The Kier molecular flexibility index (Phi) is 10.3. The third-order valence-electron chi connectivity index (χ3n) is 5.79. The lowest BCUT2D eigenvalue weighted by Gasteiger charge is -2.37. The normalized spacial score (nSPS) is 21.2. The molecule has 0 saturated carbocycles. The molecule has 0 radical (unpaired) electrons. The van der Waals surface area contributed by atoms with Gasteiger partial charge in [0.15, 0.2) is 11.7 Å². The van der Waals surface area contributed by atoms with E-state index in [-0.39, 0.29) is 43.7 Å². The molecule has 0 spiro atoms. The third-order valence-corrected chi connectivity index (χ3v) is 7.95. The maximum atomic E-state index is 13.3. The number of aromatic nitrogens is 5. The van der Waals surface area contributed by atoms with Crippen molar-refractivity contribution in [2.45, 2.75) is 97.6 Å². The summed E-state index contributed by atoms with van der Waals surface area (Å²) in [5, 5.41) is 41.3. The predicted molar refractivity (Wildman–Crippen MR) is 131 cm³/mol. The summed E-state index contributed by atoms with van der Waals surface area (Å²) in [6.45, 7) is 9.53. The second-order valence-electron chi connectivity index (χ2n) is 9.11. The smallest absolute Gasteiger partial charge is 0.298 e. The van der Waals surface area contributed by atoms with Crippen LogP contribution in [0, 0.1) is 11.3 Å². The van der Waals surface area contributed by atoms with Crippen LogP contribution in [0.5, 0.6) is 0 Å². The van der Waals surface area contributed by atoms with Gasteiger partial charge in [-0.15, -0.1) is 5.10 Å². The minimum Gasteiger partial charge on any atom is -0.394 e. The average Bonchev–Trinajstić information content (AvgIpc) is 3.40. The Morgan fingerprint density at radius 2 is 2.03 bits per heavy atom. The zero-order valence-corrected chi connectivity index (χ0v) is 22.3. The molecule has 3 unspecified atom stereocenters. The SMILES string of the molecule is CCCc1nn(CO)c2c(=O)n([C@@H]3CC(OP(OCCC#N)N(C(C)C)C(C)C)C(CO)O3)nnc12. The molecule has 0 amide bonds. The summed E-state index contributed by atoms with van der Waals surface area (Å²) in [5.74, 6) is 0. The van der Waals surface area contributed by atoms with Crippen LogP contribution in [-0.4, -0.2) is 77.2 Å². The van der Waals surface area contributed by atoms with E-state index in [1.165, 1.54) is 4.68 Å². The van der Waals surface area contributed by atoms with Crippen LogP contribution in [0.15, 0.2) is 4.79 Å². The van der Waals surface area contributed by atoms with Crippen LogP contribution in [0.1, 0.15) is 65.8 Å². The Labute approximate surface area is 211 Å². The van der Waals surface area contributed by atoms with E-state index in [9.17, 15) is 15.0 Å². The average molecular weight is 526 g/mol. The summed E-state index contributed by atoms with van der Waals surface area (Å²) in [4.78, 5) is 13.3. The number of aryl methyl sites for hydroxylation is 1. The first kappa shape index (κ1) is 28.5. The number of aliphatic hydroxyl groups excluding tert-OH is 2. The lowest BCUT2D eigenvalue weighted by molar-refractivity contribution is -0.0489. The van der Waals surface area contributed by atoms with E-state index in [1.807, 2.05) is 34.6 Å². The molecular weight excluding hydrogens is 489 g/mol. The zero-order chi connectivity index (χ0) is 26.4. The largest absolute Gasteiger partial charge is 0.394 e. The molecule has 2 aromatic rings. The van der Waals surface area contributed by atoms with Gasteiger partial charge < -0.3 is 24.0 Å². The number of nitrogens with zero attached hydrogens (tertiary/aromatic N) is 7. The fraction of sp³-hybridized carbons (Fsp3) is 0.773. The quantitative estimate of drug-likeness (QED) is 0.290. The van der Waals surface area contributed by atoms with E-state index >= 15 is 0 Å². The molecule has 36 heavy (non-hydrogen) atoms. The van der Waals surface area contributed by atoms with Crippen LogP contribution in [0.2, 0.25) is 0 Å². The molecule has 4 atom stereocenters. The van der Waals surface area contributed by atoms with Gasteiger partial charge in [-0.1, -0.05) is 18.6 Å². The molecule has 200 valence electrons. The van der Waals surface area contributed by atoms with Crippen molar-refractivity contribution in [3.8, 4) is 6.07 Å². The predicted octanol–water partition coefficient (Wildman–Crippen LogP) is 1.83. The zero-order valence-electron chi connectivity index (χ0n) is 21.4. The highest BCUT2D eigenvalue weighted by Gasteiger charge is 2.42. The molecule has 3 heterocycles. The second kappa shape index (κ2) is 13.0. The summed E-state index contributed by atoms with van der Waals surface area (Å²) in [6, 6.07) is 2.29. The molecule has 1 fully saturated rings. The fourth-order valence-corrected chi connectivity index (χ4v) is 6.05. The molecule has 0 aromatic carbocycles. The molecule has 3 rings (SSSR count). The Bertz CT molecular complexity index is 1090. The van der Waals surface area contributed by atoms with Gasteiger partial charge in [0.2, 0.25) is 0 Å². The molecule has 13 nitrogen and oxygen atoms in total. The highest BCUT2D eigenvalue weighted by Crippen LogP contribution is 2.49. The highest BCUT2D eigenvalue weighted by molar-refractivity contribution is 7.44. The van der Waals surface area contributed by atoms with Crippen LogP contribution in [0.3, 0.4) is 0 Å². The molecule has 1 aliphatic heterocycles. The Morgan fingerprint density at radius 1 is 1.31 bits per heavy atom. The van der Waals surface area contributed by atoms with Crippen molar-refractivity contribution in [1.29, 1.82) is 5.26 Å². The molecule has 1 aliphatic rings. The van der Waals surface area contributed by atoms with Crippen molar-refractivity contribution >= 4 is 19.6 Å². The Balaban J connectivity index is 1.89. The third kappa shape index (κ3) is 6.08. The number of hydrogen-bond donors (Lipinski definition) is 2. The summed E-state index contributed by atoms with van der Waals surface area (Å²) in [7, 11) is -1.57. The van der Waals surface area contributed by atoms with E-state index in [0.717, 1.165) is 11.1 Å². The highest BCUT2D eigenvalue weighted by atomic mass is 31.2. The molecule has 2 aromatic heterocycles. The summed E-state index contributed by atoms with van der Waals surface area (Å²) < 4.78 is 22.7.